The molecule has 0 atom stereocenters. The third kappa shape index (κ3) is 10.9. The molecule has 0 spiro atoms. The van der Waals surface area contributed by atoms with E-state index in [1.54, 1.807) is 0 Å². The van der Waals surface area contributed by atoms with Crippen molar-refractivity contribution in [3.05, 3.63) is 11.6 Å². The van der Waals surface area contributed by atoms with Gasteiger partial charge in [0.05, 0.1) is 0 Å². The zero-order valence-corrected chi connectivity index (χ0v) is 18.9. The molecule has 0 saturated carbocycles. The smallest absolute Gasteiger partial charge is 0.191 e. The van der Waals surface area contributed by atoms with Crippen molar-refractivity contribution < 1.29 is 9.47 Å². The van der Waals surface area contributed by atoms with Crippen molar-refractivity contribution in [1.29, 1.82) is 0 Å². The molecule has 0 aromatic carbocycles. The van der Waals surface area contributed by atoms with Crippen LogP contribution in [0.4, 0.5) is 0 Å². The highest BCUT2D eigenvalue weighted by molar-refractivity contribution is 14.0. The van der Waals surface area contributed by atoms with Gasteiger partial charge in [0.2, 0.25) is 0 Å². The lowest BCUT2D eigenvalue weighted by molar-refractivity contribution is 0.143. The van der Waals surface area contributed by atoms with Crippen LogP contribution in [0.1, 0.15) is 44.8 Å². The zero-order chi connectivity index (χ0) is 18.3. The second kappa shape index (κ2) is 16.2. The van der Waals surface area contributed by atoms with Crippen molar-refractivity contribution in [3.63, 3.8) is 0 Å². The maximum absolute atomic E-state index is 5.36. The van der Waals surface area contributed by atoms with Gasteiger partial charge in [0.25, 0.3) is 0 Å². The highest BCUT2D eigenvalue weighted by Crippen LogP contribution is 1.99. The number of aryl methyl sites for hydroxylation is 1. The van der Waals surface area contributed by atoms with Gasteiger partial charge in [0.15, 0.2) is 11.8 Å². The van der Waals surface area contributed by atoms with E-state index < -0.39 is 0 Å². The predicted molar refractivity (Wildman–Crippen MR) is 115 cm³/mol. The van der Waals surface area contributed by atoms with E-state index in [0.717, 1.165) is 76.4 Å². The normalized spacial score (nSPS) is 11.3. The van der Waals surface area contributed by atoms with Gasteiger partial charge in [-0.25, -0.2) is 4.99 Å². The highest BCUT2D eigenvalue weighted by atomic mass is 127. The van der Waals surface area contributed by atoms with Crippen LogP contribution in [-0.2, 0) is 23.1 Å². The number of nitrogens with one attached hydrogen (secondary N) is 2. The van der Waals surface area contributed by atoms with Crippen LogP contribution in [0.15, 0.2) is 4.99 Å². The molecule has 0 amide bonds. The first kappa shape index (κ1) is 25.1. The van der Waals surface area contributed by atoms with Crippen molar-refractivity contribution >= 4 is 29.9 Å². The molecule has 8 nitrogen and oxygen atoms in total. The minimum absolute atomic E-state index is 0. The van der Waals surface area contributed by atoms with E-state index in [0.29, 0.717) is 6.54 Å². The Balaban J connectivity index is 0.00000625. The summed E-state index contributed by atoms with van der Waals surface area (Å²) < 4.78 is 12.7. The van der Waals surface area contributed by atoms with Gasteiger partial charge in [0.1, 0.15) is 12.4 Å². The van der Waals surface area contributed by atoms with Crippen molar-refractivity contribution in [2.24, 2.45) is 12.0 Å². The number of guanidine groups is 1. The summed E-state index contributed by atoms with van der Waals surface area (Å²) in [6.07, 6.45) is 3.03. The number of rotatable bonds is 13. The Kier molecular flexibility index (Phi) is 15.7. The monoisotopic (exact) mass is 482 g/mol. The molecule has 9 heteroatoms. The van der Waals surface area contributed by atoms with E-state index in [1.165, 1.54) is 0 Å². The number of halogens is 1. The van der Waals surface area contributed by atoms with Crippen LogP contribution >= 0.6 is 24.0 Å². The first-order valence-corrected chi connectivity index (χ1v) is 9.21. The third-order valence-corrected chi connectivity index (χ3v) is 3.74. The standard InChI is InChI=1S/C17H34N6O2.HI/c1-5-24-12-8-7-10-18-17(19-11-9-13-25-6-2)20-14-16-22-21-15(3)23(16)4;/h5-14H2,1-4H3,(H2,18,19,20);1H. The lowest BCUT2D eigenvalue weighted by Gasteiger charge is -2.12. The Bertz CT molecular complexity index is 496. The molecule has 152 valence electrons. The van der Waals surface area contributed by atoms with Crippen molar-refractivity contribution in [1.82, 2.24) is 25.4 Å². The zero-order valence-electron chi connectivity index (χ0n) is 16.6. The van der Waals surface area contributed by atoms with Crippen molar-refractivity contribution in [3.8, 4) is 0 Å². The topological polar surface area (TPSA) is 85.6 Å². The predicted octanol–water partition coefficient (Wildman–Crippen LogP) is 2.02. The Morgan fingerprint density at radius 2 is 1.62 bits per heavy atom. The largest absolute Gasteiger partial charge is 0.382 e. The number of nitrogens with zero attached hydrogens (tertiary/aromatic N) is 4. The minimum atomic E-state index is 0. The summed E-state index contributed by atoms with van der Waals surface area (Å²) in [5, 5.41) is 14.9. The Morgan fingerprint density at radius 1 is 1.00 bits per heavy atom. The number of hydrogen-bond acceptors (Lipinski definition) is 5. The van der Waals surface area contributed by atoms with Gasteiger partial charge in [-0.2, -0.15) is 0 Å². The lowest BCUT2D eigenvalue weighted by atomic mass is 10.3. The average molecular weight is 482 g/mol. The van der Waals surface area contributed by atoms with E-state index in [9.17, 15) is 0 Å². The molecule has 0 saturated heterocycles. The number of aromatic nitrogens is 3. The summed E-state index contributed by atoms with van der Waals surface area (Å²) in [6, 6.07) is 0. The Hall–Kier alpha value is -0.940. The van der Waals surface area contributed by atoms with Gasteiger partial charge in [-0.05, 0) is 40.0 Å². The summed E-state index contributed by atoms with van der Waals surface area (Å²) in [5.41, 5.74) is 0. The second-order valence-electron chi connectivity index (χ2n) is 5.70. The molecule has 1 heterocycles. The number of hydrogen-bond donors (Lipinski definition) is 2. The van der Waals surface area contributed by atoms with Gasteiger partial charge < -0.3 is 24.7 Å². The first-order chi connectivity index (χ1) is 12.2. The molecule has 0 radical (unpaired) electrons. The van der Waals surface area contributed by atoms with Crippen LogP contribution in [0.3, 0.4) is 0 Å². The van der Waals surface area contributed by atoms with Gasteiger partial charge in [-0.15, -0.1) is 34.2 Å². The van der Waals surface area contributed by atoms with Gasteiger partial charge >= 0.3 is 0 Å². The molecular formula is C17H35IN6O2. The van der Waals surface area contributed by atoms with E-state index in [-0.39, 0.29) is 24.0 Å². The molecule has 26 heavy (non-hydrogen) atoms. The fourth-order valence-corrected chi connectivity index (χ4v) is 2.12. The van der Waals surface area contributed by atoms with E-state index in [4.69, 9.17) is 9.47 Å². The maximum atomic E-state index is 5.36. The summed E-state index contributed by atoms with van der Waals surface area (Å²) >= 11 is 0. The van der Waals surface area contributed by atoms with Crippen LogP contribution < -0.4 is 10.6 Å². The van der Waals surface area contributed by atoms with Gasteiger partial charge in [-0.1, -0.05) is 0 Å². The second-order valence-corrected chi connectivity index (χ2v) is 5.70. The molecule has 1 aromatic heterocycles. The molecule has 0 bridgehead atoms. The Labute approximate surface area is 174 Å². The average Bonchev–Trinajstić information content (AvgIpc) is 2.93. The summed E-state index contributed by atoms with van der Waals surface area (Å²) in [4.78, 5) is 4.62. The fourth-order valence-electron chi connectivity index (χ4n) is 2.12. The van der Waals surface area contributed by atoms with Crippen LogP contribution in [-0.4, -0.2) is 60.2 Å². The molecule has 0 aliphatic carbocycles. The SMILES string of the molecule is CCOCCCCNC(=NCc1nnc(C)n1C)NCCCOCC.I. The van der Waals surface area contributed by atoms with E-state index >= 15 is 0 Å². The van der Waals surface area contributed by atoms with E-state index in [2.05, 4.69) is 25.8 Å². The van der Waals surface area contributed by atoms with Crippen molar-refractivity contribution in [2.45, 2.75) is 46.6 Å². The van der Waals surface area contributed by atoms with Crippen LogP contribution in [0.2, 0.25) is 0 Å². The quantitative estimate of drug-likeness (QED) is 0.194. The maximum Gasteiger partial charge on any atom is 0.191 e. The number of aliphatic imine (C=N–C) groups is 1. The van der Waals surface area contributed by atoms with Crippen LogP contribution in [0.25, 0.3) is 0 Å². The van der Waals surface area contributed by atoms with Gasteiger partial charge in [-0.3, -0.25) is 0 Å². The molecule has 0 fully saturated rings. The van der Waals surface area contributed by atoms with Gasteiger partial charge in [0, 0.05) is 46.6 Å². The number of unbranched alkanes of at least 4 members (excludes halogenated alkanes) is 1. The van der Waals surface area contributed by atoms with Crippen LogP contribution in [0, 0.1) is 6.92 Å². The minimum Gasteiger partial charge on any atom is -0.382 e. The molecule has 2 N–H and O–H groups in total. The molecule has 0 unspecified atom stereocenters. The number of ether oxygens (including phenoxy) is 2. The summed E-state index contributed by atoms with van der Waals surface area (Å²) in [7, 11) is 1.95. The molecule has 0 aliphatic heterocycles. The summed E-state index contributed by atoms with van der Waals surface area (Å²) in [6.45, 7) is 11.2. The molecule has 1 rings (SSSR count). The molecular weight excluding hydrogens is 447 g/mol. The van der Waals surface area contributed by atoms with E-state index in [1.807, 2.05) is 32.4 Å². The first-order valence-electron chi connectivity index (χ1n) is 9.21. The van der Waals surface area contributed by atoms with Crippen molar-refractivity contribution in [2.75, 3.05) is 39.5 Å². The third-order valence-electron chi connectivity index (χ3n) is 3.74. The van der Waals surface area contributed by atoms with Crippen LogP contribution in [0.5, 0.6) is 0 Å². The Morgan fingerprint density at radius 3 is 2.19 bits per heavy atom. The fraction of sp³-hybridized carbons (Fsp3) is 0.824. The summed E-state index contributed by atoms with van der Waals surface area (Å²) in [5.74, 6) is 2.54. The highest BCUT2D eigenvalue weighted by Gasteiger charge is 2.05. The molecule has 1 aromatic rings. The molecule has 0 aliphatic rings. The lowest BCUT2D eigenvalue weighted by Crippen LogP contribution is -2.38.